The van der Waals surface area contributed by atoms with Gasteiger partial charge in [-0.05, 0) is 62.1 Å². The van der Waals surface area contributed by atoms with E-state index in [9.17, 15) is 4.79 Å². The molecule has 6 heteroatoms. The normalized spacial score (nSPS) is 21.1. The van der Waals surface area contributed by atoms with E-state index in [1.54, 1.807) is 12.4 Å². The maximum absolute atomic E-state index is 12.8. The van der Waals surface area contributed by atoms with Gasteiger partial charge < -0.3 is 10.2 Å². The van der Waals surface area contributed by atoms with E-state index < -0.39 is 0 Å². The molecule has 1 amide bonds. The Hall–Kier alpha value is -2.50. The van der Waals surface area contributed by atoms with Gasteiger partial charge in [0.25, 0.3) is 0 Å². The lowest BCUT2D eigenvalue weighted by atomic mass is 9.86. The van der Waals surface area contributed by atoms with Gasteiger partial charge in [0.05, 0.1) is 6.04 Å². The number of anilines is 1. The van der Waals surface area contributed by atoms with Crippen LogP contribution in [0.1, 0.15) is 56.0 Å². The van der Waals surface area contributed by atoms with Crippen molar-refractivity contribution in [2.45, 2.75) is 52.0 Å². The number of carbonyl (C=O) groups excluding carboxylic acids is 1. The second-order valence-corrected chi connectivity index (χ2v) is 8.27. The number of pyridine rings is 1. The second kappa shape index (κ2) is 8.25. The van der Waals surface area contributed by atoms with Gasteiger partial charge in [0.2, 0.25) is 11.9 Å². The first-order chi connectivity index (χ1) is 13.6. The van der Waals surface area contributed by atoms with Gasteiger partial charge in [-0.2, -0.15) is 0 Å². The topological polar surface area (TPSA) is 71.0 Å². The van der Waals surface area contributed by atoms with Gasteiger partial charge in [-0.15, -0.1) is 0 Å². The Labute approximate surface area is 166 Å². The predicted molar refractivity (Wildman–Crippen MR) is 109 cm³/mol. The van der Waals surface area contributed by atoms with Crippen LogP contribution in [0.3, 0.4) is 0 Å². The summed E-state index contributed by atoms with van der Waals surface area (Å²) in [4.78, 5) is 28.6. The molecule has 1 aliphatic heterocycles. The third-order valence-corrected chi connectivity index (χ3v) is 6.12. The number of aryl methyl sites for hydroxylation is 1. The van der Waals surface area contributed by atoms with Crippen molar-refractivity contribution in [3.63, 3.8) is 0 Å². The first kappa shape index (κ1) is 18.8. The molecule has 2 aromatic rings. The largest absolute Gasteiger partial charge is 0.349 e. The summed E-state index contributed by atoms with van der Waals surface area (Å²) in [5.74, 6) is 1.74. The summed E-state index contributed by atoms with van der Waals surface area (Å²) in [6, 6.07) is 3.85. The number of rotatable bonds is 4. The van der Waals surface area contributed by atoms with Crippen LogP contribution in [-0.2, 0) is 17.6 Å². The lowest BCUT2D eigenvalue weighted by Crippen LogP contribution is -2.37. The van der Waals surface area contributed by atoms with E-state index in [0.717, 1.165) is 61.0 Å². The van der Waals surface area contributed by atoms with Crippen LogP contribution in [0.5, 0.6) is 0 Å². The van der Waals surface area contributed by atoms with E-state index in [4.69, 9.17) is 4.98 Å². The summed E-state index contributed by atoms with van der Waals surface area (Å²) >= 11 is 0. The Balaban J connectivity index is 1.38. The molecule has 28 heavy (non-hydrogen) atoms. The van der Waals surface area contributed by atoms with Crippen molar-refractivity contribution in [1.82, 2.24) is 20.3 Å². The molecular weight excluding hydrogens is 350 g/mol. The molecule has 2 aliphatic rings. The zero-order valence-electron chi connectivity index (χ0n) is 16.8. The third kappa shape index (κ3) is 4.16. The summed E-state index contributed by atoms with van der Waals surface area (Å²) in [7, 11) is 0. The number of aromatic nitrogens is 3. The number of hydrogen-bond donors (Lipinski definition) is 1. The van der Waals surface area contributed by atoms with Crippen molar-refractivity contribution in [2.24, 2.45) is 11.8 Å². The van der Waals surface area contributed by atoms with Crippen LogP contribution >= 0.6 is 0 Å². The Morgan fingerprint density at radius 1 is 1.25 bits per heavy atom. The molecular formula is C22H29N5O. The SMILES string of the molecule is CC1CCN(c2ncc3c(n2)CC[C@@H](C(=O)N[C@H](C)c2cccnc2)C3)CC1. The molecule has 1 aliphatic carbocycles. The van der Waals surface area contributed by atoms with Gasteiger partial charge in [-0.3, -0.25) is 9.78 Å². The lowest BCUT2D eigenvalue weighted by molar-refractivity contribution is -0.126. The predicted octanol–water partition coefficient (Wildman–Crippen LogP) is 3.09. The maximum atomic E-state index is 12.8. The molecule has 4 rings (SSSR count). The molecule has 0 saturated carbocycles. The minimum absolute atomic E-state index is 0.0168. The molecule has 2 aromatic heterocycles. The van der Waals surface area contributed by atoms with Gasteiger partial charge in [-0.25, -0.2) is 9.97 Å². The fourth-order valence-corrected chi connectivity index (χ4v) is 4.13. The zero-order valence-corrected chi connectivity index (χ0v) is 16.8. The highest BCUT2D eigenvalue weighted by Crippen LogP contribution is 2.27. The molecule has 0 unspecified atom stereocenters. The number of piperidine rings is 1. The Bertz CT molecular complexity index is 817. The number of nitrogens with one attached hydrogen (secondary N) is 1. The van der Waals surface area contributed by atoms with E-state index in [1.807, 2.05) is 25.3 Å². The van der Waals surface area contributed by atoms with Crippen molar-refractivity contribution in [2.75, 3.05) is 18.0 Å². The summed E-state index contributed by atoms with van der Waals surface area (Å²) in [5, 5.41) is 3.14. The number of carbonyl (C=O) groups is 1. The summed E-state index contributed by atoms with van der Waals surface area (Å²) in [5.41, 5.74) is 3.26. The number of hydrogen-bond acceptors (Lipinski definition) is 5. The molecule has 1 fully saturated rings. The minimum Gasteiger partial charge on any atom is -0.349 e. The van der Waals surface area contributed by atoms with Crippen LogP contribution in [0.2, 0.25) is 0 Å². The Kier molecular flexibility index (Phi) is 5.55. The highest BCUT2D eigenvalue weighted by molar-refractivity contribution is 5.79. The van der Waals surface area contributed by atoms with Crippen LogP contribution in [0.15, 0.2) is 30.7 Å². The van der Waals surface area contributed by atoms with E-state index in [-0.39, 0.29) is 17.9 Å². The van der Waals surface area contributed by atoms with E-state index in [1.165, 1.54) is 12.8 Å². The summed E-state index contributed by atoms with van der Waals surface area (Å²) in [6.45, 7) is 6.39. The zero-order chi connectivity index (χ0) is 19.5. The lowest BCUT2D eigenvalue weighted by Gasteiger charge is -2.31. The first-order valence-electron chi connectivity index (χ1n) is 10.4. The average molecular weight is 380 g/mol. The second-order valence-electron chi connectivity index (χ2n) is 8.27. The van der Waals surface area contributed by atoms with Gasteiger partial charge >= 0.3 is 0 Å². The van der Waals surface area contributed by atoms with Crippen LogP contribution in [0.25, 0.3) is 0 Å². The highest BCUT2D eigenvalue weighted by Gasteiger charge is 2.28. The van der Waals surface area contributed by atoms with Gasteiger partial charge in [0, 0.05) is 43.3 Å². The molecule has 0 aromatic carbocycles. The quantitative estimate of drug-likeness (QED) is 0.884. The average Bonchev–Trinajstić information content (AvgIpc) is 2.74. The molecule has 0 spiro atoms. The molecule has 3 heterocycles. The van der Waals surface area contributed by atoms with Crippen molar-refractivity contribution < 1.29 is 4.79 Å². The van der Waals surface area contributed by atoms with Crippen molar-refractivity contribution in [3.8, 4) is 0 Å². The highest BCUT2D eigenvalue weighted by atomic mass is 16.1. The van der Waals surface area contributed by atoms with Crippen LogP contribution in [0, 0.1) is 11.8 Å². The van der Waals surface area contributed by atoms with Crippen LogP contribution in [-0.4, -0.2) is 33.9 Å². The molecule has 6 nitrogen and oxygen atoms in total. The summed E-state index contributed by atoms with van der Waals surface area (Å²) < 4.78 is 0. The smallest absolute Gasteiger partial charge is 0.225 e. The van der Waals surface area contributed by atoms with E-state index in [2.05, 4.69) is 27.1 Å². The minimum atomic E-state index is -0.0392. The van der Waals surface area contributed by atoms with Crippen LogP contribution in [0.4, 0.5) is 5.95 Å². The maximum Gasteiger partial charge on any atom is 0.225 e. The molecule has 148 valence electrons. The standard InChI is InChI=1S/C22H29N5O/c1-15-7-10-27(11-8-15)22-24-14-19-12-17(5-6-20(19)26-22)21(28)25-16(2)18-4-3-9-23-13-18/h3-4,9,13-17H,5-8,10-12H2,1-2H3,(H,25,28)/t16-,17-/m1/s1. The van der Waals surface area contributed by atoms with Gasteiger partial charge in [0.15, 0.2) is 0 Å². The Morgan fingerprint density at radius 3 is 2.82 bits per heavy atom. The number of fused-ring (bicyclic) bond motifs is 1. The molecule has 0 radical (unpaired) electrons. The molecule has 1 saturated heterocycles. The van der Waals surface area contributed by atoms with Crippen molar-refractivity contribution in [3.05, 3.63) is 47.5 Å². The third-order valence-electron chi connectivity index (χ3n) is 6.12. The first-order valence-corrected chi connectivity index (χ1v) is 10.4. The van der Waals surface area contributed by atoms with Crippen LogP contribution < -0.4 is 10.2 Å². The molecule has 1 N–H and O–H groups in total. The number of amides is 1. The number of nitrogens with zero attached hydrogens (tertiary/aromatic N) is 4. The van der Waals surface area contributed by atoms with Crippen molar-refractivity contribution >= 4 is 11.9 Å². The van der Waals surface area contributed by atoms with Gasteiger partial charge in [-0.1, -0.05) is 13.0 Å². The fourth-order valence-electron chi connectivity index (χ4n) is 4.13. The summed E-state index contributed by atoms with van der Waals surface area (Å²) in [6.07, 6.45) is 10.3. The fraction of sp³-hybridized carbons (Fsp3) is 0.545. The Morgan fingerprint density at radius 2 is 2.07 bits per heavy atom. The van der Waals surface area contributed by atoms with E-state index in [0.29, 0.717) is 0 Å². The molecule has 0 bridgehead atoms. The van der Waals surface area contributed by atoms with Crippen molar-refractivity contribution in [1.29, 1.82) is 0 Å². The molecule has 2 atom stereocenters. The monoisotopic (exact) mass is 379 g/mol. The van der Waals surface area contributed by atoms with E-state index >= 15 is 0 Å². The van der Waals surface area contributed by atoms with Gasteiger partial charge in [0.1, 0.15) is 0 Å².